The molecule has 2 heterocycles. The van der Waals surface area contributed by atoms with Crippen LogP contribution in [0.2, 0.25) is 0 Å². The van der Waals surface area contributed by atoms with Crippen molar-refractivity contribution in [2.24, 2.45) is 0 Å². The van der Waals surface area contributed by atoms with E-state index in [0.29, 0.717) is 0 Å². The number of aryl methyl sites for hydroxylation is 1. The average Bonchev–Trinajstić information content (AvgIpc) is 3.31. The lowest BCUT2D eigenvalue weighted by Crippen LogP contribution is -1.96. The van der Waals surface area contributed by atoms with Gasteiger partial charge in [-0.05, 0) is 92.8 Å². The number of aromatic nitrogens is 2. The molecule has 1 aliphatic rings. The van der Waals surface area contributed by atoms with E-state index in [9.17, 15) is 0 Å². The molecule has 2 nitrogen and oxygen atoms in total. The molecule has 1 aliphatic carbocycles. The number of hydrogen-bond acceptors (Lipinski definition) is 2. The molecule has 0 saturated carbocycles. The van der Waals surface area contributed by atoms with Crippen LogP contribution in [0.3, 0.4) is 0 Å². The van der Waals surface area contributed by atoms with Gasteiger partial charge >= 0.3 is 0 Å². The molecule has 2 heteroatoms. The minimum atomic E-state index is 0.925. The fraction of sp³-hybridized carbons (Fsp3) is 0.0588. The van der Waals surface area contributed by atoms with Gasteiger partial charge in [-0.25, -0.2) is 9.97 Å². The SMILES string of the molecule is C1=C(/c2cccc(-c3ccc(-c4ccc5ccc6ccc(-c7ccccc7)nc6c5n4)cc3)c2)c2ccc3ccccc3c2-c2ccccc2CCC/1. The number of allylic oxidation sites excluding steroid dienone is 1. The summed E-state index contributed by atoms with van der Waals surface area (Å²) in [5, 5.41) is 4.76. The van der Waals surface area contributed by atoms with E-state index in [2.05, 4.69) is 176 Å². The Morgan fingerprint density at radius 3 is 1.79 bits per heavy atom. The highest BCUT2D eigenvalue weighted by Gasteiger charge is 2.19. The van der Waals surface area contributed by atoms with Gasteiger partial charge in [0.15, 0.2) is 0 Å². The quantitative estimate of drug-likeness (QED) is 0.173. The summed E-state index contributed by atoms with van der Waals surface area (Å²) in [5.41, 5.74) is 16.3. The minimum Gasteiger partial charge on any atom is -0.245 e. The molecular weight excluding hydrogens is 641 g/mol. The molecule has 10 rings (SSSR count). The summed E-state index contributed by atoms with van der Waals surface area (Å²) in [6, 6.07) is 63.5. The largest absolute Gasteiger partial charge is 0.245 e. The van der Waals surface area contributed by atoms with Crippen molar-refractivity contribution in [1.82, 2.24) is 9.97 Å². The third-order valence-electron chi connectivity index (χ3n) is 10.8. The summed E-state index contributed by atoms with van der Waals surface area (Å²) < 4.78 is 0. The molecule has 0 atom stereocenters. The standard InChI is InChI=1S/C51H36N2/c1-2-14-37(15-3-1)47-31-28-39-25-26-40-29-32-48(53-51(40)50(39)52-47)38-23-21-34(22-24-38)41-16-10-17-42(33-41)43-18-7-4-11-35-12-5-8-19-44(35)49-45-20-9-6-13-36(45)27-30-46(43)49/h1-3,5-6,8-10,12-33H,4,7,11H2/b43-18-. The Kier molecular flexibility index (Phi) is 7.73. The van der Waals surface area contributed by atoms with Crippen LogP contribution in [0.25, 0.3) is 82.9 Å². The zero-order chi connectivity index (χ0) is 35.1. The zero-order valence-corrected chi connectivity index (χ0v) is 29.3. The van der Waals surface area contributed by atoms with Gasteiger partial charge < -0.3 is 0 Å². The first-order valence-corrected chi connectivity index (χ1v) is 18.5. The molecule has 2 aromatic heterocycles. The summed E-state index contributed by atoms with van der Waals surface area (Å²) in [6.45, 7) is 0. The zero-order valence-electron chi connectivity index (χ0n) is 29.3. The number of hydrogen-bond donors (Lipinski definition) is 0. The Hall–Kier alpha value is -6.64. The maximum atomic E-state index is 5.20. The van der Waals surface area contributed by atoms with Gasteiger partial charge in [-0.3, -0.25) is 0 Å². The normalized spacial score (nSPS) is 13.8. The Balaban J connectivity index is 1.02. The van der Waals surface area contributed by atoms with E-state index in [1.54, 1.807) is 0 Å². The van der Waals surface area contributed by atoms with Gasteiger partial charge in [0.25, 0.3) is 0 Å². The maximum Gasteiger partial charge on any atom is 0.0972 e. The lowest BCUT2D eigenvalue weighted by molar-refractivity contribution is 0.846. The maximum absolute atomic E-state index is 5.20. The topological polar surface area (TPSA) is 25.8 Å². The van der Waals surface area contributed by atoms with Gasteiger partial charge in [0, 0.05) is 21.9 Å². The van der Waals surface area contributed by atoms with Gasteiger partial charge in [0.2, 0.25) is 0 Å². The first kappa shape index (κ1) is 31.1. The molecule has 0 radical (unpaired) electrons. The Morgan fingerprint density at radius 1 is 0.396 bits per heavy atom. The van der Waals surface area contributed by atoms with Gasteiger partial charge in [-0.1, -0.05) is 164 Å². The van der Waals surface area contributed by atoms with Crippen molar-refractivity contribution >= 4 is 38.2 Å². The van der Waals surface area contributed by atoms with Gasteiger partial charge in [-0.2, -0.15) is 0 Å². The molecule has 0 unspecified atom stereocenters. The lowest BCUT2D eigenvalue weighted by Gasteiger charge is -2.19. The van der Waals surface area contributed by atoms with Crippen LogP contribution in [0.1, 0.15) is 29.5 Å². The monoisotopic (exact) mass is 676 g/mol. The molecule has 0 N–H and O–H groups in total. The highest BCUT2D eigenvalue weighted by Crippen LogP contribution is 2.42. The number of pyridine rings is 2. The number of nitrogens with zero attached hydrogens (tertiary/aromatic N) is 2. The van der Waals surface area contributed by atoms with E-state index in [1.807, 2.05) is 6.07 Å². The summed E-state index contributed by atoms with van der Waals surface area (Å²) in [4.78, 5) is 10.3. The smallest absolute Gasteiger partial charge is 0.0972 e. The Bertz CT molecular complexity index is 2850. The van der Waals surface area contributed by atoms with Crippen molar-refractivity contribution in [3.63, 3.8) is 0 Å². The van der Waals surface area contributed by atoms with Gasteiger partial charge in [-0.15, -0.1) is 0 Å². The molecule has 0 spiro atoms. The van der Waals surface area contributed by atoms with Crippen LogP contribution in [0.15, 0.2) is 182 Å². The third-order valence-corrected chi connectivity index (χ3v) is 10.8. The van der Waals surface area contributed by atoms with E-state index in [-0.39, 0.29) is 0 Å². The molecule has 7 aromatic carbocycles. The fourth-order valence-electron chi connectivity index (χ4n) is 8.09. The van der Waals surface area contributed by atoms with Crippen molar-refractivity contribution < 1.29 is 0 Å². The van der Waals surface area contributed by atoms with Crippen LogP contribution in [0.5, 0.6) is 0 Å². The summed E-state index contributed by atoms with van der Waals surface area (Å²) in [7, 11) is 0. The van der Waals surface area contributed by atoms with Crippen LogP contribution < -0.4 is 0 Å². The second kappa shape index (κ2) is 13.2. The molecule has 0 bridgehead atoms. The van der Waals surface area contributed by atoms with E-state index in [4.69, 9.17) is 9.97 Å². The number of benzene rings is 7. The fourth-order valence-corrected chi connectivity index (χ4v) is 8.09. The molecular formula is C51H36N2. The van der Waals surface area contributed by atoms with Crippen LogP contribution in [0, 0.1) is 0 Å². The van der Waals surface area contributed by atoms with E-state index >= 15 is 0 Å². The highest BCUT2D eigenvalue weighted by atomic mass is 14.8. The van der Waals surface area contributed by atoms with Crippen molar-refractivity contribution in [3.05, 3.63) is 199 Å². The van der Waals surface area contributed by atoms with Crippen LogP contribution in [-0.2, 0) is 6.42 Å². The van der Waals surface area contributed by atoms with Crippen molar-refractivity contribution in [2.45, 2.75) is 19.3 Å². The highest BCUT2D eigenvalue weighted by molar-refractivity contribution is 6.06. The van der Waals surface area contributed by atoms with Crippen LogP contribution >= 0.6 is 0 Å². The third kappa shape index (κ3) is 5.70. The van der Waals surface area contributed by atoms with E-state index in [0.717, 1.165) is 63.6 Å². The molecule has 250 valence electrons. The average molecular weight is 677 g/mol. The molecule has 53 heavy (non-hydrogen) atoms. The van der Waals surface area contributed by atoms with Crippen molar-refractivity contribution in [1.29, 1.82) is 0 Å². The van der Waals surface area contributed by atoms with E-state index in [1.165, 1.54) is 55.3 Å². The molecule has 9 aromatic rings. The minimum absolute atomic E-state index is 0.925. The summed E-state index contributed by atoms with van der Waals surface area (Å²) in [6.07, 6.45) is 5.69. The Labute approximate surface area is 309 Å². The lowest BCUT2D eigenvalue weighted by atomic mass is 9.85. The predicted octanol–water partition coefficient (Wildman–Crippen LogP) is 13.4. The summed E-state index contributed by atoms with van der Waals surface area (Å²) in [5.74, 6) is 0. The van der Waals surface area contributed by atoms with Crippen LogP contribution in [0.4, 0.5) is 0 Å². The van der Waals surface area contributed by atoms with Crippen molar-refractivity contribution in [3.8, 4) is 44.8 Å². The number of rotatable bonds is 4. The van der Waals surface area contributed by atoms with Gasteiger partial charge in [0.05, 0.1) is 22.4 Å². The van der Waals surface area contributed by atoms with Gasteiger partial charge in [0.1, 0.15) is 0 Å². The molecule has 0 saturated heterocycles. The molecule has 0 aliphatic heterocycles. The van der Waals surface area contributed by atoms with E-state index < -0.39 is 0 Å². The predicted molar refractivity (Wildman–Crippen MR) is 223 cm³/mol. The molecule has 0 amide bonds. The second-order valence-electron chi connectivity index (χ2n) is 14.0. The van der Waals surface area contributed by atoms with Crippen molar-refractivity contribution in [2.75, 3.05) is 0 Å². The number of fused-ring (bicyclic) bond motifs is 8. The first-order chi connectivity index (χ1) is 26.3. The first-order valence-electron chi connectivity index (χ1n) is 18.5. The van der Waals surface area contributed by atoms with Crippen LogP contribution in [-0.4, -0.2) is 9.97 Å². The second-order valence-corrected chi connectivity index (χ2v) is 14.0. The summed E-state index contributed by atoms with van der Waals surface area (Å²) >= 11 is 0. The molecule has 0 fully saturated rings. The Morgan fingerprint density at radius 2 is 1.00 bits per heavy atom.